The van der Waals surface area contributed by atoms with Crippen molar-refractivity contribution in [2.75, 3.05) is 19.0 Å². The fourth-order valence-electron chi connectivity index (χ4n) is 2.65. The van der Waals surface area contributed by atoms with Gasteiger partial charge in [-0.05, 0) is 24.3 Å². The van der Waals surface area contributed by atoms with Crippen molar-refractivity contribution in [2.24, 2.45) is 7.05 Å². The van der Waals surface area contributed by atoms with Crippen LogP contribution < -0.4 is 4.90 Å². The monoisotopic (exact) mass is 345 g/mol. The minimum Gasteiger partial charge on any atom is -0.378 e. The average molecular weight is 345 g/mol. The van der Waals surface area contributed by atoms with Gasteiger partial charge in [0, 0.05) is 44.2 Å². The minimum atomic E-state index is -4.37. The molecule has 130 valence electrons. The molecule has 1 heterocycles. The molecule has 0 radical (unpaired) electrons. The number of benzene rings is 2. The van der Waals surface area contributed by atoms with Crippen LogP contribution in [0.3, 0.4) is 0 Å². The van der Waals surface area contributed by atoms with E-state index in [1.54, 1.807) is 12.3 Å². The highest BCUT2D eigenvalue weighted by atomic mass is 19.4. The van der Waals surface area contributed by atoms with Crippen LogP contribution in [0.5, 0.6) is 0 Å². The summed E-state index contributed by atoms with van der Waals surface area (Å²) in [7, 11) is 5.74. The Balaban J connectivity index is 2.03. The zero-order valence-corrected chi connectivity index (χ0v) is 14.2. The van der Waals surface area contributed by atoms with Crippen molar-refractivity contribution in [1.82, 2.24) is 9.55 Å². The van der Waals surface area contributed by atoms with Gasteiger partial charge >= 0.3 is 6.18 Å². The van der Waals surface area contributed by atoms with Gasteiger partial charge in [0.05, 0.1) is 11.3 Å². The van der Waals surface area contributed by atoms with Gasteiger partial charge in [0.25, 0.3) is 0 Å². The van der Waals surface area contributed by atoms with Gasteiger partial charge in [-0.25, -0.2) is 4.98 Å². The maximum Gasteiger partial charge on any atom is 0.416 e. The zero-order chi connectivity index (χ0) is 18.2. The van der Waals surface area contributed by atoms with Crippen molar-refractivity contribution in [3.63, 3.8) is 0 Å². The Labute approximate surface area is 144 Å². The molecule has 0 atom stereocenters. The molecule has 3 nitrogen and oxygen atoms in total. The second kappa shape index (κ2) is 6.27. The van der Waals surface area contributed by atoms with Crippen molar-refractivity contribution in [3.8, 4) is 22.6 Å². The lowest BCUT2D eigenvalue weighted by molar-refractivity contribution is -0.137. The number of imidazole rings is 1. The molecule has 0 unspecified atom stereocenters. The first-order valence-electron chi connectivity index (χ1n) is 7.74. The maximum absolute atomic E-state index is 12.9. The van der Waals surface area contributed by atoms with Crippen molar-refractivity contribution in [2.45, 2.75) is 6.18 Å². The van der Waals surface area contributed by atoms with E-state index in [0.717, 1.165) is 23.4 Å². The number of hydrogen-bond donors (Lipinski definition) is 0. The summed E-state index contributed by atoms with van der Waals surface area (Å²) in [5.74, 6) is 0.705. The van der Waals surface area contributed by atoms with E-state index < -0.39 is 11.7 Å². The number of halogens is 3. The molecule has 0 fully saturated rings. The Bertz CT molecular complexity index is 895. The van der Waals surface area contributed by atoms with E-state index in [1.807, 2.05) is 54.9 Å². The smallest absolute Gasteiger partial charge is 0.378 e. The minimum absolute atomic E-state index is 0.445. The maximum atomic E-state index is 12.9. The first-order chi connectivity index (χ1) is 11.8. The molecule has 2 aromatic carbocycles. The second-order valence-corrected chi connectivity index (χ2v) is 6.08. The van der Waals surface area contributed by atoms with Crippen LogP contribution in [0.4, 0.5) is 18.9 Å². The number of aromatic nitrogens is 2. The predicted molar refractivity (Wildman–Crippen MR) is 93.4 cm³/mol. The summed E-state index contributed by atoms with van der Waals surface area (Å²) in [6, 6.07) is 13.1. The first-order valence-corrected chi connectivity index (χ1v) is 7.74. The number of aryl methyl sites for hydroxylation is 1. The molecule has 0 N–H and O–H groups in total. The molecular formula is C19H18F3N3. The lowest BCUT2D eigenvalue weighted by Crippen LogP contribution is -2.08. The first kappa shape index (κ1) is 17.1. The lowest BCUT2D eigenvalue weighted by atomic mass is 10.1. The fourth-order valence-corrected chi connectivity index (χ4v) is 2.65. The van der Waals surface area contributed by atoms with Gasteiger partial charge in [-0.15, -0.1) is 0 Å². The van der Waals surface area contributed by atoms with Crippen LogP contribution in [0, 0.1) is 0 Å². The highest BCUT2D eigenvalue weighted by molar-refractivity contribution is 5.68. The molecule has 3 aromatic rings. The lowest BCUT2D eigenvalue weighted by Gasteiger charge is -2.13. The van der Waals surface area contributed by atoms with Gasteiger partial charge < -0.3 is 9.47 Å². The molecule has 0 saturated heterocycles. The van der Waals surface area contributed by atoms with E-state index in [2.05, 4.69) is 4.98 Å². The van der Waals surface area contributed by atoms with Crippen molar-refractivity contribution < 1.29 is 13.2 Å². The SMILES string of the molecule is CN(C)c1cccc(-c2nc(-c3cccc(C(F)(F)F)c3)cn2C)c1. The number of alkyl halides is 3. The number of rotatable bonds is 3. The van der Waals surface area contributed by atoms with Crippen LogP contribution in [0.2, 0.25) is 0 Å². The topological polar surface area (TPSA) is 21.1 Å². The summed E-state index contributed by atoms with van der Waals surface area (Å²) in [6.07, 6.45) is -2.62. The number of anilines is 1. The Morgan fingerprint density at radius 3 is 2.32 bits per heavy atom. The molecule has 25 heavy (non-hydrogen) atoms. The third kappa shape index (κ3) is 3.52. The summed E-state index contributed by atoms with van der Waals surface area (Å²) < 4.78 is 40.6. The average Bonchev–Trinajstić information content (AvgIpc) is 2.96. The molecule has 0 aliphatic heterocycles. The molecule has 3 rings (SSSR count). The Morgan fingerprint density at radius 1 is 0.960 bits per heavy atom. The van der Waals surface area contributed by atoms with Gasteiger partial charge in [-0.1, -0.05) is 24.3 Å². The van der Waals surface area contributed by atoms with E-state index in [-0.39, 0.29) is 0 Å². The van der Waals surface area contributed by atoms with Crippen LogP contribution in [0.25, 0.3) is 22.6 Å². The molecule has 0 bridgehead atoms. The normalized spacial score (nSPS) is 11.6. The van der Waals surface area contributed by atoms with Crippen LogP contribution in [-0.4, -0.2) is 23.6 Å². The predicted octanol–water partition coefficient (Wildman–Crippen LogP) is 4.84. The van der Waals surface area contributed by atoms with E-state index in [1.165, 1.54) is 6.07 Å². The van der Waals surface area contributed by atoms with Crippen LogP contribution in [0.15, 0.2) is 54.7 Å². The third-order valence-electron chi connectivity index (χ3n) is 3.98. The number of nitrogens with zero attached hydrogens (tertiary/aromatic N) is 3. The van der Waals surface area contributed by atoms with Crippen LogP contribution in [0.1, 0.15) is 5.56 Å². The zero-order valence-electron chi connectivity index (χ0n) is 14.2. The van der Waals surface area contributed by atoms with E-state index in [9.17, 15) is 13.2 Å². The van der Waals surface area contributed by atoms with Gasteiger partial charge in [0.2, 0.25) is 0 Å². The van der Waals surface area contributed by atoms with Crippen molar-refractivity contribution >= 4 is 5.69 Å². The highest BCUT2D eigenvalue weighted by Gasteiger charge is 2.30. The van der Waals surface area contributed by atoms with Gasteiger partial charge in [-0.2, -0.15) is 13.2 Å². The van der Waals surface area contributed by atoms with Crippen molar-refractivity contribution in [3.05, 3.63) is 60.3 Å². The van der Waals surface area contributed by atoms with E-state index in [0.29, 0.717) is 17.1 Å². The Morgan fingerprint density at radius 2 is 1.64 bits per heavy atom. The second-order valence-electron chi connectivity index (χ2n) is 6.08. The molecule has 0 spiro atoms. The quantitative estimate of drug-likeness (QED) is 0.677. The Kier molecular flexibility index (Phi) is 4.29. The molecule has 6 heteroatoms. The summed E-state index contributed by atoms with van der Waals surface area (Å²) >= 11 is 0. The standard InChI is InChI=1S/C19H18F3N3/c1-24(2)16-9-5-7-14(11-16)18-23-17(12-25(18)3)13-6-4-8-15(10-13)19(20,21)22/h4-12H,1-3H3. The largest absolute Gasteiger partial charge is 0.416 e. The highest BCUT2D eigenvalue weighted by Crippen LogP contribution is 2.33. The van der Waals surface area contributed by atoms with E-state index >= 15 is 0 Å². The molecule has 1 aromatic heterocycles. The van der Waals surface area contributed by atoms with Gasteiger partial charge in [0.1, 0.15) is 5.82 Å². The fraction of sp³-hybridized carbons (Fsp3) is 0.211. The Hall–Kier alpha value is -2.76. The molecule has 0 saturated carbocycles. The summed E-state index contributed by atoms with van der Waals surface area (Å²) in [5.41, 5.74) is 2.22. The summed E-state index contributed by atoms with van der Waals surface area (Å²) in [6.45, 7) is 0. The summed E-state index contributed by atoms with van der Waals surface area (Å²) in [5, 5.41) is 0. The third-order valence-corrected chi connectivity index (χ3v) is 3.98. The molecular weight excluding hydrogens is 327 g/mol. The van der Waals surface area contributed by atoms with Gasteiger partial charge in [0.15, 0.2) is 0 Å². The molecule has 0 amide bonds. The number of hydrogen-bond acceptors (Lipinski definition) is 2. The van der Waals surface area contributed by atoms with Crippen LogP contribution >= 0.6 is 0 Å². The molecule has 0 aliphatic rings. The molecule has 0 aliphatic carbocycles. The van der Waals surface area contributed by atoms with Crippen molar-refractivity contribution in [1.29, 1.82) is 0 Å². The summed E-state index contributed by atoms with van der Waals surface area (Å²) in [4.78, 5) is 6.54. The van der Waals surface area contributed by atoms with Gasteiger partial charge in [-0.3, -0.25) is 0 Å². The van der Waals surface area contributed by atoms with E-state index in [4.69, 9.17) is 0 Å². The van der Waals surface area contributed by atoms with Crippen LogP contribution in [-0.2, 0) is 13.2 Å².